The van der Waals surface area contributed by atoms with E-state index < -0.39 is 141 Å². The highest BCUT2D eigenvalue weighted by Crippen LogP contribution is 2.34. The van der Waals surface area contributed by atoms with Crippen LogP contribution in [0.4, 0.5) is 26.3 Å². The number of carbonyl (C=O) groups excluding carboxylic acids is 4. The highest BCUT2D eigenvalue weighted by molar-refractivity contribution is 6.00. The van der Waals surface area contributed by atoms with Crippen LogP contribution in [0.15, 0.2) is 70.6 Å². The minimum atomic E-state index is -1.22. The molecule has 4 aliphatic rings. The van der Waals surface area contributed by atoms with Gasteiger partial charge in [-0.3, -0.25) is 28.8 Å². The van der Waals surface area contributed by atoms with E-state index in [0.717, 1.165) is 23.4 Å². The number of aromatic hydroxyl groups is 1. The van der Waals surface area contributed by atoms with Gasteiger partial charge in [0.15, 0.2) is 22.9 Å². The number of nitrogens with zero attached hydrogens (tertiary/aromatic N) is 4. The Morgan fingerprint density at radius 3 is 1.51 bits per heavy atom. The largest absolute Gasteiger partial charge is 0.503 e. The van der Waals surface area contributed by atoms with Gasteiger partial charge in [0.2, 0.25) is 10.9 Å². The molecule has 16 nitrogen and oxygen atoms in total. The van der Waals surface area contributed by atoms with Crippen molar-refractivity contribution >= 4 is 23.6 Å². The van der Waals surface area contributed by atoms with Gasteiger partial charge in [0.05, 0.1) is 30.9 Å². The van der Waals surface area contributed by atoms with Crippen LogP contribution in [0.2, 0.25) is 0 Å². The zero-order valence-electron chi connectivity index (χ0n) is 36.4. The molecule has 5 N–H and O–H groups in total. The summed E-state index contributed by atoms with van der Waals surface area (Å²) in [5, 5.41) is 36.0. The van der Waals surface area contributed by atoms with Gasteiger partial charge in [-0.05, 0) is 20.3 Å². The van der Waals surface area contributed by atoms with Crippen LogP contribution in [0, 0.1) is 34.9 Å². The summed E-state index contributed by atoms with van der Waals surface area (Å²) in [5.41, 5.74) is -4.68. The van der Waals surface area contributed by atoms with Gasteiger partial charge in [0.25, 0.3) is 23.6 Å². The van der Waals surface area contributed by atoms with E-state index in [1.54, 1.807) is 32.1 Å². The van der Waals surface area contributed by atoms with E-state index in [9.17, 15) is 70.4 Å². The minimum absolute atomic E-state index is 0.0660. The first-order valence-electron chi connectivity index (χ1n) is 21.3. The second-order valence-corrected chi connectivity index (χ2v) is 16.5. The summed E-state index contributed by atoms with van der Waals surface area (Å²) in [6, 6.07) is -0.357. The van der Waals surface area contributed by atoms with Crippen LogP contribution < -0.4 is 26.2 Å². The number of halogens is 6. The van der Waals surface area contributed by atoms with Crippen LogP contribution in [-0.4, -0.2) is 102 Å². The zero-order chi connectivity index (χ0) is 49.5. The van der Waals surface area contributed by atoms with Crippen LogP contribution >= 0.6 is 0 Å². The molecular weight excluding hydrogens is 911 g/mol. The number of pyridine rings is 2. The predicted octanol–water partition coefficient (Wildman–Crippen LogP) is 3.91. The van der Waals surface area contributed by atoms with Gasteiger partial charge in [-0.2, -0.15) is 0 Å². The van der Waals surface area contributed by atoms with E-state index in [4.69, 9.17) is 4.74 Å². The van der Waals surface area contributed by atoms with Crippen molar-refractivity contribution in [3.8, 4) is 11.5 Å². The molecule has 360 valence electrons. The molecular formula is C46H44F6N6O10. The van der Waals surface area contributed by atoms with Gasteiger partial charge in [-0.1, -0.05) is 37.6 Å². The number of hydrogen-bond acceptors (Lipinski definition) is 10. The molecule has 4 aromatic rings. The fraction of sp³-hybridized carbons (Fsp3) is 0.348. The average Bonchev–Trinajstić information content (AvgIpc) is 3.50. The summed E-state index contributed by atoms with van der Waals surface area (Å²) in [6.45, 7) is 4.37. The topological polar surface area (TPSA) is 213 Å². The van der Waals surface area contributed by atoms with E-state index in [-0.39, 0.29) is 42.9 Å². The number of carbonyl (C=O) groups is 4. The fourth-order valence-corrected chi connectivity index (χ4v) is 8.24. The third kappa shape index (κ3) is 9.24. The normalized spacial score (nSPS) is 21.2. The molecule has 0 saturated heterocycles. The zero-order valence-corrected chi connectivity index (χ0v) is 36.4. The molecule has 0 fully saturated rings. The molecule has 4 bridgehead atoms. The second-order valence-electron chi connectivity index (χ2n) is 16.5. The molecule has 4 aliphatic heterocycles. The summed E-state index contributed by atoms with van der Waals surface area (Å²) in [5.74, 6) is -11.5. The first-order chi connectivity index (χ1) is 32.2. The first-order valence-corrected chi connectivity index (χ1v) is 21.3. The average molecular weight is 955 g/mol. The number of rotatable bonds is 10. The summed E-state index contributed by atoms with van der Waals surface area (Å²) in [4.78, 5) is 80.6. The quantitative estimate of drug-likeness (QED) is 0.0879. The molecule has 0 radical (unpaired) electrons. The van der Waals surface area contributed by atoms with Crippen molar-refractivity contribution in [1.29, 1.82) is 0 Å². The van der Waals surface area contributed by atoms with E-state index >= 15 is 0 Å². The third-order valence-electron chi connectivity index (χ3n) is 12.1. The van der Waals surface area contributed by atoms with E-state index in [1.165, 1.54) is 20.4 Å². The lowest BCUT2D eigenvalue weighted by molar-refractivity contribution is 0.0524. The number of benzene rings is 2. The summed E-state index contributed by atoms with van der Waals surface area (Å²) >= 11 is 0. The molecule has 0 aliphatic carbocycles. The van der Waals surface area contributed by atoms with Crippen LogP contribution in [0.3, 0.4) is 0 Å². The lowest BCUT2D eigenvalue weighted by atomic mass is 10.0. The lowest BCUT2D eigenvalue weighted by Crippen LogP contribution is -2.49. The smallest absolute Gasteiger partial charge is 0.275 e. The summed E-state index contributed by atoms with van der Waals surface area (Å²) in [7, 11) is 0. The monoisotopic (exact) mass is 954 g/mol. The number of aromatic nitrogens is 2. The summed E-state index contributed by atoms with van der Waals surface area (Å²) in [6.07, 6.45) is 7.75. The minimum Gasteiger partial charge on any atom is -0.503 e. The van der Waals surface area contributed by atoms with E-state index in [1.807, 2.05) is 6.92 Å². The second kappa shape index (κ2) is 19.6. The number of aliphatic hydroxyl groups excluding tert-OH is 2. The maximum absolute atomic E-state index is 14.0. The molecule has 0 spiro atoms. The Balaban J connectivity index is 0.000000203. The number of nitrogens with one attached hydrogen (secondary N) is 2. The number of ether oxygens (including phenoxy) is 1. The molecule has 8 rings (SSSR count). The van der Waals surface area contributed by atoms with Crippen molar-refractivity contribution in [2.75, 3.05) is 19.7 Å². The molecule has 6 heterocycles. The molecule has 68 heavy (non-hydrogen) atoms. The predicted molar refractivity (Wildman–Crippen MR) is 228 cm³/mol. The molecule has 0 unspecified atom stereocenters. The van der Waals surface area contributed by atoms with Crippen molar-refractivity contribution in [2.24, 2.45) is 0 Å². The van der Waals surface area contributed by atoms with Crippen molar-refractivity contribution in [2.45, 2.75) is 83.1 Å². The fourth-order valence-electron chi connectivity index (χ4n) is 8.24. The van der Waals surface area contributed by atoms with Crippen molar-refractivity contribution in [3.05, 3.63) is 150 Å². The van der Waals surface area contributed by atoms with Gasteiger partial charge >= 0.3 is 0 Å². The van der Waals surface area contributed by atoms with Crippen LogP contribution in [0.1, 0.15) is 98.5 Å². The Kier molecular flexibility index (Phi) is 14.0. The van der Waals surface area contributed by atoms with Gasteiger partial charge in [0.1, 0.15) is 46.0 Å². The summed E-state index contributed by atoms with van der Waals surface area (Å²) < 4.78 is 90.1. The maximum atomic E-state index is 14.0. The Morgan fingerprint density at radius 2 is 1.07 bits per heavy atom. The SMILES string of the molecule is CCCCOc1c2n(cc(C(=O)NCc3c(F)cc(F)cc3F)c1=O)[C@@H]1CN(C2=O)[C@@H](C)C=C[C@@H]1O.C[C@H]1C=C[C@H](O)[C@H]2CN1C(=O)c1c(O)c(=O)c(C(=O)NCc3c(F)cc(F)cc3F)cn12. The highest BCUT2D eigenvalue weighted by Gasteiger charge is 2.42. The maximum Gasteiger partial charge on any atom is 0.275 e. The van der Waals surface area contributed by atoms with E-state index in [0.29, 0.717) is 30.7 Å². The van der Waals surface area contributed by atoms with Gasteiger partial charge in [-0.15, -0.1) is 0 Å². The Bertz CT molecular complexity index is 2860. The lowest BCUT2D eigenvalue weighted by Gasteiger charge is -2.38. The number of hydrogen-bond donors (Lipinski definition) is 5. The number of fused-ring (bicyclic) bond motifs is 8. The van der Waals surface area contributed by atoms with Gasteiger partial charge in [0, 0.05) is 86.0 Å². The third-order valence-corrected chi connectivity index (χ3v) is 12.1. The van der Waals surface area contributed by atoms with Crippen molar-refractivity contribution in [1.82, 2.24) is 29.6 Å². The van der Waals surface area contributed by atoms with Gasteiger partial charge < -0.3 is 49.6 Å². The Hall–Kier alpha value is -7.20. The van der Waals surface area contributed by atoms with Crippen LogP contribution in [0.5, 0.6) is 11.5 Å². The molecule has 6 atom stereocenters. The van der Waals surface area contributed by atoms with Crippen molar-refractivity contribution in [3.63, 3.8) is 0 Å². The standard InChI is InChI=1S/C25H26F3N3O5.C21H18F3N3O5/c1-3-4-7-36-23-21-25(35)30-12-19(20(32)6-5-13(30)2)31(21)11-16(22(23)33)24(34)29-10-15-17(27)8-14(26)9-18(15)28;1-9-2-3-16(28)15-8-26(9)21(32)17-19(30)18(29)12(7-27(15)17)20(31)25-6-11-13(23)4-10(22)5-14(11)24/h5-6,8-9,11,13,19-20,32H,3-4,7,10,12H2,1-2H3,(H,29,34);2-5,7,9,15-16,28,30H,6,8H2,1H3,(H,25,31)/t13-,19+,20-;9-,15+,16-/m00/s1. The van der Waals surface area contributed by atoms with Crippen LogP contribution in [0.25, 0.3) is 0 Å². The number of aliphatic hydroxyl groups is 2. The number of unbranched alkanes of at least 4 members (excludes halogenated alkanes) is 1. The molecule has 2 aromatic heterocycles. The van der Waals surface area contributed by atoms with Gasteiger partial charge in [-0.25, -0.2) is 26.3 Å². The highest BCUT2D eigenvalue weighted by atomic mass is 19.2. The molecule has 0 saturated carbocycles. The molecule has 2 aromatic carbocycles. The van der Waals surface area contributed by atoms with Crippen LogP contribution in [-0.2, 0) is 13.1 Å². The Morgan fingerprint density at radius 1 is 0.662 bits per heavy atom. The first kappa shape index (κ1) is 48.7. The molecule has 22 heteroatoms. The van der Waals surface area contributed by atoms with E-state index in [2.05, 4.69) is 10.6 Å². The molecule has 4 amide bonds. The number of amides is 4. The Labute approximate surface area is 382 Å². The van der Waals surface area contributed by atoms with Crippen molar-refractivity contribution < 1.29 is 65.6 Å².